The molecule has 1 aliphatic heterocycles. The summed E-state index contributed by atoms with van der Waals surface area (Å²) in [4.78, 5) is 18.5. The number of pyridine rings is 1. The average Bonchev–Trinajstić information content (AvgIpc) is 3.22. The molecule has 192 valence electrons. The third kappa shape index (κ3) is 5.36. The molecule has 3 heterocycles. The molecule has 4 nitrogen and oxygen atoms in total. The average molecular weight is 512 g/mol. The zero-order chi connectivity index (χ0) is 26.4. The maximum absolute atomic E-state index is 14.1. The standard InChI is InChI=1S/C25H23F2N3OS.2C2H6/c1-3-17-7-6-16(14-28-17)19-11-15-5-4-10-30(21(15)13-20(19)24(26)27)18-8-9-23-22(12-18)29(2)25(31)32-23;2*1-2/h6-9,11-14,24H,3-5,10H2,1-2H3;2*1-2H3. The van der Waals surface area contributed by atoms with Crippen LogP contribution in [0.15, 0.2) is 53.5 Å². The molecule has 4 aromatic rings. The molecule has 7 heteroatoms. The number of rotatable bonds is 4. The first kappa shape index (κ1) is 27.5. The van der Waals surface area contributed by atoms with E-state index < -0.39 is 6.43 Å². The fourth-order valence-corrected chi connectivity index (χ4v) is 5.28. The number of aryl methyl sites for hydroxylation is 3. The predicted molar refractivity (Wildman–Crippen MR) is 149 cm³/mol. The van der Waals surface area contributed by atoms with Crippen LogP contribution in [0.25, 0.3) is 21.3 Å². The first-order chi connectivity index (χ1) is 17.5. The SMILES string of the molecule is CC.CC.CCc1ccc(-c2cc3c(cc2C(F)F)N(c2ccc4sc(=O)n(C)c4c2)CCC3)cn1. The first-order valence-corrected chi connectivity index (χ1v) is 13.5. The van der Waals surface area contributed by atoms with Crippen LogP contribution in [0.3, 0.4) is 0 Å². The van der Waals surface area contributed by atoms with Crippen LogP contribution < -0.4 is 9.77 Å². The topological polar surface area (TPSA) is 38.1 Å². The van der Waals surface area contributed by atoms with Crippen molar-refractivity contribution in [2.75, 3.05) is 11.4 Å². The zero-order valence-electron chi connectivity index (χ0n) is 21.9. The van der Waals surface area contributed by atoms with E-state index in [-0.39, 0.29) is 10.4 Å². The van der Waals surface area contributed by atoms with Gasteiger partial charge in [0.05, 0.1) is 10.2 Å². The summed E-state index contributed by atoms with van der Waals surface area (Å²) < 4.78 is 30.8. The molecule has 2 aromatic heterocycles. The highest BCUT2D eigenvalue weighted by molar-refractivity contribution is 7.16. The Morgan fingerprint density at radius 1 is 1.06 bits per heavy atom. The molecular formula is C29H35F2N3OS. The molecule has 0 radical (unpaired) electrons. The molecule has 0 saturated carbocycles. The molecule has 0 unspecified atom stereocenters. The molecule has 0 spiro atoms. The summed E-state index contributed by atoms with van der Waals surface area (Å²) >= 11 is 1.21. The number of alkyl halides is 2. The minimum absolute atomic E-state index is 0.0106. The van der Waals surface area contributed by atoms with Gasteiger partial charge in [0.15, 0.2) is 0 Å². The van der Waals surface area contributed by atoms with Gasteiger partial charge in [-0.3, -0.25) is 9.78 Å². The maximum Gasteiger partial charge on any atom is 0.307 e. The Hall–Kier alpha value is -3.06. The number of thiazole rings is 1. The van der Waals surface area contributed by atoms with Gasteiger partial charge in [-0.25, -0.2) is 8.78 Å². The fourth-order valence-electron chi connectivity index (χ4n) is 4.42. The van der Waals surface area contributed by atoms with E-state index >= 15 is 0 Å². The third-order valence-corrected chi connectivity index (χ3v) is 7.20. The Labute approximate surface area is 216 Å². The largest absolute Gasteiger partial charge is 0.341 e. The summed E-state index contributed by atoms with van der Waals surface area (Å²) in [5.41, 5.74) is 5.85. The highest BCUT2D eigenvalue weighted by Gasteiger charge is 2.24. The quantitative estimate of drug-likeness (QED) is 0.277. The van der Waals surface area contributed by atoms with Crippen LogP contribution in [0, 0.1) is 0 Å². The monoisotopic (exact) mass is 511 g/mol. The van der Waals surface area contributed by atoms with E-state index in [1.165, 1.54) is 11.3 Å². The molecule has 0 aliphatic carbocycles. The predicted octanol–water partition coefficient (Wildman–Crippen LogP) is 8.30. The minimum atomic E-state index is -2.59. The highest BCUT2D eigenvalue weighted by Crippen LogP contribution is 2.41. The van der Waals surface area contributed by atoms with Crippen LogP contribution in [-0.4, -0.2) is 16.1 Å². The van der Waals surface area contributed by atoms with Gasteiger partial charge in [0.2, 0.25) is 0 Å². The van der Waals surface area contributed by atoms with Crippen molar-refractivity contribution in [1.29, 1.82) is 0 Å². The third-order valence-electron chi connectivity index (χ3n) is 6.19. The number of anilines is 2. The van der Waals surface area contributed by atoms with Gasteiger partial charge in [-0.05, 0) is 66.8 Å². The fraction of sp³-hybridized carbons (Fsp3) is 0.379. The maximum atomic E-state index is 14.1. The van der Waals surface area contributed by atoms with E-state index in [1.54, 1.807) is 23.9 Å². The molecule has 1 aliphatic rings. The smallest absolute Gasteiger partial charge is 0.307 e. The number of halogens is 2. The Morgan fingerprint density at radius 2 is 1.81 bits per heavy atom. The number of hydrogen-bond acceptors (Lipinski definition) is 4. The lowest BCUT2D eigenvalue weighted by Gasteiger charge is -2.32. The number of hydrogen-bond donors (Lipinski definition) is 0. The van der Waals surface area contributed by atoms with Crippen LogP contribution in [0.1, 0.15) is 64.3 Å². The van der Waals surface area contributed by atoms with Crippen molar-refractivity contribution in [2.45, 2.75) is 60.3 Å². The van der Waals surface area contributed by atoms with Crippen molar-refractivity contribution in [2.24, 2.45) is 7.05 Å². The van der Waals surface area contributed by atoms with Gasteiger partial charge >= 0.3 is 4.87 Å². The Balaban J connectivity index is 0.000000861. The number of nitrogens with zero attached hydrogens (tertiary/aromatic N) is 3. The molecule has 0 amide bonds. The van der Waals surface area contributed by atoms with E-state index in [9.17, 15) is 13.6 Å². The van der Waals surface area contributed by atoms with E-state index in [0.717, 1.165) is 58.7 Å². The van der Waals surface area contributed by atoms with Gasteiger partial charge in [-0.1, -0.05) is 52.0 Å². The van der Waals surface area contributed by atoms with Gasteiger partial charge in [0.25, 0.3) is 6.43 Å². The minimum Gasteiger partial charge on any atom is -0.341 e. The lowest BCUT2D eigenvalue weighted by Crippen LogP contribution is -2.25. The van der Waals surface area contributed by atoms with Crippen molar-refractivity contribution in [1.82, 2.24) is 9.55 Å². The summed E-state index contributed by atoms with van der Waals surface area (Å²) in [7, 11) is 1.76. The summed E-state index contributed by atoms with van der Waals surface area (Å²) in [5, 5.41) is 0. The van der Waals surface area contributed by atoms with E-state index in [1.807, 2.05) is 71.0 Å². The van der Waals surface area contributed by atoms with Gasteiger partial charge in [0.1, 0.15) is 0 Å². The highest BCUT2D eigenvalue weighted by atomic mass is 32.1. The molecule has 36 heavy (non-hydrogen) atoms. The van der Waals surface area contributed by atoms with Crippen LogP contribution in [-0.2, 0) is 19.9 Å². The first-order valence-electron chi connectivity index (χ1n) is 12.7. The Kier molecular flexibility index (Phi) is 9.37. The van der Waals surface area contributed by atoms with Crippen LogP contribution in [0.4, 0.5) is 20.2 Å². The number of aromatic nitrogens is 2. The summed E-state index contributed by atoms with van der Waals surface area (Å²) in [6.07, 6.45) is 1.67. The molecule has 0 fully saturated rings. The number of fused-ring (bicyclic) bond motifs is 2. The van der Waals surface area contributed by atoms with Crippen molar-refractivity contribution < 1.29 is 8.78 Å². The molecular weight excluding hydrogens is 476 g/mol. The van der Waals surface area contributed by atoms with E-state index in [2.05, 4.69) is 9.88 Å². The van der Waals surface area contributed by atoms with Gasteiger partial charge in [-0.2, -0.15) is 0 Å². The van der Waals surface area contributed by atoms with Crippen molar-refractivity contribution >= 4 is 32.9 Å². The van der Waals surface area contributed by atoms with Crippen molar-refractivity contribution in [3.63, 3.8) is 0 Å². The van der Waals surface area contributed by atoms with Gasteiger partial charge in [-0.15, -0.1) is 0 Å². The lowest BCUT2D eigenvalue weighted by atomic mass is 9.92. The summed E-state index contributed by atoms with van der Waals surface area (Å²) in [6.45, 7) is 10.8. The molecule has 0 saturated heterocycles. The number of benzene rings is 2. The second-order valence-electron chi connectivity index (χ2n) is 8.09. The molecule has 0 N–H and O–H groups in total. The van der Waals surface area contributed by atoms with Crippen molar-refractivity contribution in [3.05, 3.63) is 75.1 Å². The summed E-state index contributed by atoms with van der Waals surface area (Å²) in [6, 6.07) is 13.2. The van der Waals surface area contributed by atoms with Crippen LogP contribution in [0.2, 0.25) is 0 Å². The lowest BCUT2D eigenvalue weighted by molar-refractivity contribution is 0.152. The van der Waals surface area contributed by atoms with Gasteiger partial charge in [0, 0.05) is 48.0 Å². The van der Waals surface area contributed by atoms with Crippen LogP contribution >= 0.6 is 11.3 Å². The van der Waals surface area contributed by atoms with E-state index in [0.29, 0.717) is 11.1 Å². The summed E-state index contributed by atoms with van der Waals surface area (Å²) in [5.74, 6) is 0. The molecule has 2 aromatic carbocycles. The normalized spacial score (nSPS) is 12.5. The molecule has 5 rings (SSSR count). The zero-order valence-corrected chi connectivity index (χ0v) is 22.8. The Bertz CT molecular complexity index is 1360. The van der Waals surface area contributed by atoms with Crippen molar-refractivity contribution in [3.8, 4) is 11.1 Å². The molecule has 0 atom stereocenters. The van der Waals surface area contributed by atoms with E-state index in [4.69, 9.17) is 0 Å². The second-order valence-corrected chi connectivity index (χ2v) is 9.09. The Morgan fingerprint density at radius 3 is 2.44 bits per heavy atom. The van der Waals surface area contributed by atoms with Crippen LogP contribution in [0.5, 0.6) is 0 Å². The second kappa shape index (κ2) is 12.3. The van der Waals surface area contributed by atoms with Gasteiger partial charge < -0.3 is 9.47 Å². The molecule has 0 bridgehead atoms.